The maximum absolute atomic E-state index is 12.8. The van der Waals surface area contributed by atoms with E-state index in [0.29, 0.717) is 16.7 Å². The first-order valence-electron chi connectivity index (χ1n) is 11.6. The summed E-state index contributed by atoms with van der Waals surface area (Å²) in [5.74, 6) is -0.0806. The van der Waals surface area contributed by atoms with Crippen LogP contribution in [0.1, 0.15) is 40.9 Å². The van der Waals surface area contributed by atoms with Crippen LogP contribution in [-0.2, 0) is 10.1 Å². The Morgan fingerprint density at radius 2 is 1.67 bits per heavy atom. The number of ether oxygens (including phenoxy) is 1. The lowest BCUT2D eigenvalue weighted by atomic mass is 10.2. The van der Waals surface area contributed by atoms with Crippen molar-refractivity contribution < 1.29 is 22.1 Å². The molecule has 8 nitrogen and oxygen atoms in total. The number of hydrogen-bond acceptors (Lipinski definition) is 7. The molecule has 0 radical (unpaired) electrons. The van der Waals surface area contributed by atoms with Crippen molar-refractivity contribution in [3.63, 3.8) is 0 Å². The van der Waals surface area contributed by atoms with Gasteiger partial charge in [-0.05, 0) is 92.9 Å². The molecule has 0 saturated heterocycles. The minimum atomic E-state index is -4.06. The molecule has 3 aromatic rings. The molecular formula is C27H31N3O5S. The predicted molar refractivity (Wildman–Crippen MR) is 142 cm³/mol. The second-order valence-corrected chi connectivity index (χ2v) is 9.65. The molecule has 0 atom stereocenters. The molecule has 0 aliphatic carbocycles. The van der Waals surface area contributed by atoms with Gasteiger partial charge in [0.05, 0.1) is 13.3 Å². The standard InChI is InChI=1S/C27H31N3O5S/c1-6-30(7-2)23-13-11-22(12-14-23)27(31)29-28-18-21-10-15-24(25(17-21)34-5)35-36(32,33)26-16-19(3)8-9-20(26)4/h8-18H,6-7H2,1-5H3,(H,29,31)/b28-18-. The molecule has 0 saturated carbocycles. The van der Waals surface area contributed by atoms with Crippen LogP contribution in [0.4, 0.5) is 5.69 Å². The van der Waals surface area contributed by atoms with E-state index >= 15 is 0 Å². The number of carbonyl (C=O) groups is 1. The quantitative estimate of drug-likeness (QED) is 0.242. The molecule has 1 N–H and O–H groups in total. The van der Waals surface area contributed by atoms with Crippen molar-refractivity contribution in [2.75, 3.05) is 25.1 Å². The molecule has 0 bridgehead atoms. The molecule has 0 heterocycles. The van der Waals surface area contributed by atoms with Crippen LogP contribution in [0.25, 0.3) is 0 Å². The molecular weight excluding hydrogens is 478 g/mol. The van der Waals surface area contributed by atoms with Crippen LogP contribution in [0.15, 0.2) is 70.7 Å². The van der Waals surface area contributed by atoms with Crippen molar-refractivity contribution in [1.29, 1.82) is 0 Å². The van der Waals surface area contributed by atoms with E-state index in [4.69, 9.17) is 8.92 Å². The molecule has 3 aromatic carbocycles. The smallest absolute Gasteiger partial charge is 0.339 e. The van der Waals surface area contributed by atoms with Gasteiger partial charge in [-0.2, -0.15) is 13.5 Å². The van der Waals surface area contributed by atoms with Crippen LogP contribution in [0, 0.1) is 13.8 Å². The number of hydrogen-bond donors (Lipinski definition) is 1. The molecule has 3 rings (SSSR count). The van der Waals surface area contributed by atoms with Gasteiger partial charge in [0, 0.05) is 24.3 Å². The first-order valence-corrected chi connectivity index (χ1v) is 13.0. The monoisotopic (exact) mass is 509 g/mol. The Morgan fingerprint density at radius 1 is 0.972 bits per heavy atom. The second kappa shape index (κ2) is 11.7. The predicted octanol–water partition coefficient (Wildman–Crippen LogP) is 4.69. The summed E-state index contributed by atoms with van der Waals surface area (Å²) in [7, 11) is -2.64. The van der Waals surface area contributed by atoms with Gasteiger partial charge in [0.1, 0.15) is 4.90 Å². The number of methoxy groups -OCH3 is 1. The first-order chi connectivity index (χ1) is 17.2. The van der Waals surface area contributed by atoms with Gasteiger partial charge >= 0.3 is 10.1 Å². The molecule has 9 heteroatoms. The van der Waals surface area contributed by atoms with Crippen molar-refractivity contribution in [3.8, 4) is 11.5 Å². The Hall–Kier alpha value is -3.85. The van der Waals surface area contributed by atoms with Gasteiger partial charge in [-0.3, -0.25) is 4.79 Å². The van der Waals surface area contributed by atoms with Crippen molar-refractivity contribution in [2.24, 2.45) is 5.10 Å². The number of anilines is 1. The minimum absolute atomic E-state index is 0.0490. The Balaban J connectivity index is 1.70. The zero-order valence-electron chi connectivity index (χ0n) is 21.1. The van der Waals surface area contributed by atoms with Gasteiger partial charge in [-0.25, -0.2) is 5.43 Å². The lowest BCUT2D eigenvalue weighted by Gasteiger charge is -2.20. The topological polar surface area (TPSA) is 97.3 Å². The maximum atomic E-state index is 12.8. The highest BCUT2D eigenvalue weighted by Crippen LogP contribution is 2.31. The zero-order chi connectivity index (χ0) is 26.3. The number of aryl methyl sites for hydroxylation is 2. The molecule has 0 fully saturated rings. The zero-order valence-corrected chi connectivity index (χ0v) is 21.9. The van der Waals surface area contributed by atoms with Gasteiger partial charge in [-0.15, -0.1) is 0 Å². The van der Waals surface area contributed by atoms with Crippen LogP contribution in [0.3, 0.4) is 0 Å². The summed E-state index contributed by atoms with van der Waals surface area (Å²) in [5, 5.41) is 4.01. The molecule has 0 spiro atoms. The van der Waals surface area contributed by atoms with E-state index < -0.39 is 10.1 Å². The summed E-state index contributed by atoms with van der Waals surface area (Å²) < 4.78 is 36.4. The van der Waals surface area contributed by atoms with Gasteiger partial charge < -0.3 is 13.8 Å². The molecule has 0 aliphatic rings. The van der Waals surface area contributed by atoms with E-state index in [9.17, 15) is 13.2 Å². The van der Waals surface area contributed by atoms with Crippen LogP contribution in [0.2, 0.25) is 0 Å². The SMILES string of the molecule is CCN(CC)c1ccc(C(=O)N/N=C\c2ccc(OS(=O)(=O)c3cc(C)ccc3C)c(OC)c2)cc1. The third-order valence-corrected chi connectivity index (χ3v) is 7.02. The van der Waals surface area contributed by atoms with E-state index in [-0.39, 0.29) is 22.3 Å². The van der Waals surface area contributed by atoms with Gasteiger partial charge in [0.2, 0.25) is 0 Å². The molecule has 0 aromatic heterocycles. The van der Waals surface area contributed by atoms with Crippen molar-refractivity contribution in [2.45, 2.75) is 32.6 Å². The number of benzene rings is 3. The number of nitrogens with one attached hydrogen (secondary N) is 1. The highest BCUT2D eigenvalue weighted by atomic mass is 32.2. The van der Waals surface area contributed by atoms with E-state index in [1.165, 1.54) is 19.4 Å². The van der Waals surface area contributed by atoms with Crippen molar-refractivity contribution in [3.05, 3.63) is 82.9 Å². The summed E-state index contributed by atoms with van der Waals surface area (Å²) in [6.07, 6.45) is 1.44. The number of nitrogens with zero attached hydrogens (tertiary/aromatic N) is 2. The van der Waals surface area contributed by atoms with Crippen LogP contribution < -0.4 is 19.2 Å². The molecule has 36 heavy (non-hydrogen) atoms. The van der Waals surface area contributed by atoms with E-state index in [2.05, 4.69) is 29.3 Å². The maximum Gasteiger partial charge on any atom is 0.339 e. The highest BCUT2D eigenvalue weighted by molar-refractivity contribution is 7.87. The first kappa shape index (κ1) is 26.7. The van der Waals surface area contributed by atoms with E-state index in [1.807, 2.05) is 25.1 Å². The van der Waals surface area contributed by atoms with E-state index in [0.717, 1.165) is 24.3 Å². The average Bonchev–Trinajstić information content (AvgIpc) is 2.87. The highest BCUT2D eigenvalue weighted by Gasteiger charge is 2.21. The minimum Gasteiger partial charge on any atom is -0.493 e. The Bertz CT molecular complexity index is 1350. The lowest BCUT2D eigenvalue weighted by Crippen LogP contribution is -2.22. The van der Waals surface area contributed by atoms with Gasteiger partial charge in [0.15, 0.2) is 11.5 Å². The largest absolute Gasteiger partial charge is 0.493 e. The van der Waals surface area contributed by atoms with E-state index in [1.54, 1.807) is 43.3 Å². The molecule has 0 unspecified atom stereocenters. The van der Waals surface area contributed by atoms with Crippen molar-refractivity contribution in [1.82, 2.24) is 5.43 Å². The average molecular weight is 510 g/mol. The number of rotatable bonds is 10. The summed E-state index contributed by atoms with van der Waals surface area (Å²) in [5.41, 5.74) is 6.01. The molecule has 1 amide bonds. The fraction of sp³-hybridized carbons (Fsp3) is 0.259. The Kier molecular flexibility index (Phi) is 8.71. The fourth-order valence-corrected chi connectivity index (χ4v) is 4.87. The van der Waals surface area contributed by atoms with Gasteiger partial charge in [0.25, 0.3) is 5.91 Å². The number of carbonyl (C=O) groups excluding carboxylic acids is 1. The fourth-order valence-electron chi connectivity index (χ4n) is 3.62. The van der Waals surface area contributed by atoms with Crippen LogP contribution in [-0.4, -0.2) is 40.7 Å². The normalized spacial score (nSPS) is 11.4. The third-order valence-electron chi connectivity index (χ3n) is 5.64. The van der Waals surface area contributed by atoms with Gasteiger partial charge in [-0.1, -0.05) is 12.1 Å². The Morgan fingerprint density at radius 3 is 2.31 bits per heavy atom. The molecule has 0 aliphatic heterocycles. The van der Waals surface area contributed by atoms with Crippen LogP contribution >= 0.6 is 0 Å². The summed E-state index contributed by atoms with van der Waals surface area (Å²) in [6.45, 7) is 9.45. The van der Waals surface area contributed by atoms with Crippen molar-refractivity contribution >= 4 is 27.9 Å². The Labute approximate surface area is 212 Å². The summed E-state index contributed by atoms with van der Waals surface area (Å²) >= 11 is 0. The molecule has 190 valence electrons. The summed E-state index contributed by atoms with van der Waals surface area (Å²) in [4.78, 5) is 14.7. The third kappa shape index (κ3) is 6.42. The number of hydrazone groups is 1. The van der Waals surface area contributed by atoms with Crippen LogP contribution in [0.5, 0.6) is 11.5 Å². The number of amides is 1. The second-order valence-electron chi connectivity index (χ2n) is 8.13. The lowest BCUT2D eigenvalue weighted by molar-refractivity contribution is 0.0955. The summed E-state index contributed by atoms with van der Waals surface area (Å²) in [6, 6.07) is 17.1.